The highest BCUT2D eigenvalue weighted by molar-refractivity contribution is 7.15. The van der Waals surface area contributed by atoms with Gasteiger partial charge in [-0.15, -0.1) is 11.3 Å². The van der Waals surface area contributed by atoms with E-state index in [2.05, 4.69) is 24.9 Å². The fraction of sp³-hybridized carbons (Fsp3) is 0.357. The first-order valence-corrected chi connectivity index (χ1v) is 6.75. The van der Waals surface area contributed by atoms with Crippen molar-refractivity contribution in [2.24, 2.45) is 0 Å². The van der Waals surface area contributed by atoms with Crippen molar-refractivity contribution in [1.29, 1.82) is 0 Å². The largest absolute Gasteiger partial charge is 0.496 e. The molecule has 96 valence electrons. The molecule has 0 spiro atoms. The molecule has 2 N–H and O–H groups in total. The van der Waals surface area contributed by atoms with Crippen LogP contribution in [0, 0.1) is 6.92 Å². The first-order chi connectivity index (χ1) is 8.52. The molecule has 0 saturated heterocycles. The molecule has 0 aliphatic carbocycles. The summed E-state index contributed by atoms with van der Waals surface area (Å²) in [6, 6.07) is 6.18. The Morgan fingerprint density at radius 3 is 2.56 bits per heavy atom. The number of anilines is 1. The molecule has 1 heterocycles. The summed E-state index contributed by atoms with van der Waals surface area (Å²) in [4.78, 5) is 5.31. The van der Waals surface area contributed by atoms with Crippen LogP contribution in [0.15, 0.2) is 18.2 Å². The van der Waals surface area contributed by atoms with Gasteiger partial charge in [0.2, 0.25) is 0 Å². The second-order valence-electron chi connectivity index (χ2n) is 4.56. The molecule has 0 radical (unpaired) electrons. The van der Waals surface area contributed by atoms with Crippen molar-refractivity contribution in [2.45, 2.75) is 26.7 Å². The Hall–Kier alpha value is -1.55. The molecule has 0 unspecified atom stereocenters. The van der Waals surface area contributed by atoms with Gasteiger partial charge in [0.1, 0.15) is 11.6 Å². The first-order valence-electron chi connectivity index (χ1n) is 5.94. The Morgan fingerprint density at radius 1 is 1.33 bits per heavy atom. The summed E-state index contributed by atoms with van der Waals surface area (Å²) in [5.41, 5.74) is 8.25. The van der Waals surface area contributed by atoms with E-state index >= 15 is 0 Å². The van der Waals surface area contributed by atoms with Crippen molar-refractivity contribution in [2.75, 3.05) is 12.8 Å². The SMILES string of the molecule is COc1ccc(-c2sc(C)nc2N)cc1C(C)C. The lowest BCUT2D eigenvalue weighted by atomic mass is 9.99. The number of aromatic nitrogens is 1. The van der Waals surface area contributed by atoms with Gasteiger partial charge in [0.05, 0.1) is 17.0 Å². The maximum Gasteiger partial charge on any atom is 0.142 e. The van der Waals surface area contributed by atoms with E-state index in [0.29, 0.717) is 11.7 Å². The number of rotatable bonds is 3. The van der Waals surface area contributed by atoms with Crippen molar-refractivity contribution in [3.05, 3.63) is 28.8 Å². The van der Waals surface area contributed by atoms with Gasteiger partial charge in [-0.3, -0.25) is 0 Å². The summed E-state index contributed by atoms with van der Waals surface area (Å²) in [5.74, 6) is 1.95. The minimum absolute atomic E-state index is 0.412. The van der Waals surface area contributed by atoms with Crippen LogP contribution in [-0.4, -0.2) is 12.1 Å². The van der Waals surface area contributed by atoms with Gasteiger partial charge in [-0.1, -0.05) is 13.8 Å². The van der Waals surface area contributed by atoms with Crippen molar-refractivity contribution in [1.82, 2.24) is 4.98 Å². The lowest BCUT2D eigenvalue weighted by Gasteiger charge is -2.13. The summed E-state index contributed by atoms with van der Waals surface area (Å²) in [5, 5.41) is 0.990. The van der Waals surface area contributed by atoms with E-state index in [1.165, 1.54) is 5.56 Å². The molecule has 1 aromatic carbocycles. The zero-order valence-corrected chi connectivity index (χ0v) is 12.0. The predicted molar refractivity (Wildman–Crippen MR) is 77.3 cm³/mol. The fourth-order valence-corrected chi connectivity index (χ4v) is 2.81. The molecule has 0 fully saturated rings. The third-order valence-corrected chi connectivity index (χ3v) is 3.91. The minimum atomic E-state index is 0.412. The Morgan fingerprint density at radius 2 is 2.06 bits per heavy atom. The monoisotopic (exact) mass is 262 g/mol. The van der Waals surface area contributed by atoms with E-state index in [9.17, 15) is 0 Å². The zero-order valence-electron chi connectivity index (χ0n) is 11.2. The maximum absolute atomic E-state index is 5.94. The molecule has 1 aromatic heterocycles. The summed E-state index contributed by atoms with van der Waals surface area (Å²) >= 11 is 1.62. The molecule has 0 bridgehead atoms. The molecule has 0 aliphatic rings. The minimum Gasteiger partial charge on any atom is -0.496 e. The molecule has 18 heavy (non-hydrogen) atoms. The summed E-state index contributed by atoms with van der Waals surface area (Å²) in [7, 11) is 1.70. The Balaban J connectivity index is 2.53. The van der Waals surface area contributed by atoms with Crippen LogP contribution in [0.5, 0.6) is 5.75 Å². The van der Waals surface area contributed by atoms with Crippen LogP contribution in [0.25, 0.3) is 10.4 Å². The summed E-state index contributed by atoms with van der Waals surface area (Å²) in [6.45, 7) is 6.28. The molecule has 0 aliphatic heterocycles. The second-order valence-corrected chi connectivity index (χ2v) is 5.76. The third kappa shape index (κ3) is 2.34. The van der Waals surface area contributed by atoms with Crippen LogP contribution >= 0.6 is 11.3 Å². The second kappa shape index (κ2) is 4.98. The van der Waals surface area contributed by atoms with E-state index in [0.717, 1.165) is 21.2 Å². The molecule has 0 amide bonds. The van der Waals surface area contributed by atoms with Gasteiger partial charge in [-0.2, -0.15) is 0 Å². The third-order valence-electron chi connectivity index (χ3n) is 2.87. The van der Waals surface area contributed by atoms with Crippen LogP contribution in [0.4, 0.5) is 5.82 Å². The van der Waals surface area contributed by atoms with Gasteiger partial charge >= 0.3 is 0 Å². The molecule has 0 atom stereocenters. The van der Waals surface area contributed by atoms with Crippen LogP contribution in [0.3, 0.4) is 0 Å². The van der Waals surface area contributed by atoms with Crippen LogP contribution in [0.2, 0.25) is 0 Å². The number of nitrogens with zero attached hydrogens (tertiary/aromatic N) is 1. The van der Waals surface area contributed by atoms with Crippen molar-refractivity contribution in [3.63, 3.8) is 0 Å². The number of ether oxygens (including phenoxy) is 1. The topological polar surface area (TPSA) is 48.1 Å². The lowest BCUT2D eigenvalue weighted by Crippen LogP contribution is -1.95. The highest BCUT2D eigenvalue weighted by Gasteiger charge is 2.13. The van der Waals surface area contributed by atoms with Crippen molar-refractivity contribution in [3.8, 4) is 16.2 Å². The van der Waals surface area contributed by atoms with Gasteiger partial charge in [0.15, 0.2) is 0 Å². The highest BCUT2D eigenvalue weighted by Crippen LogP contribution is 2.36. The zero-order chi connectivity index (χ0) is 13.3. The number of methoxy groups -OCH3 is 1. The summed E-state index contributed by atoms with van der Waals surface area (Å²) in [6.07, 6.45) is 0. The van der Waals surface area contributed by atoms with E-state index in [1.54, 1.807) is 18.4 Å². The molecular formula is C14H18N2OS. The average Bonchev–Trinajstić information content (AvgIpc) is 2.67. The number of nitrogen functional groups attached to an aromatic ring is 1. The summed E-state index contributed by atoms with van der Waals surface area (Å²) < 4.78 is 5.39. The van der Waals surface area contributed by atoms with E-state index in [-0.39, 0.29) is 0 Å². The smallest absolute Gasteiger partial charge is 0.142 e. The maximum atomic E-state index is 5.94. The normalized spacial score (nSPS) is 10.9. The Labute approximate surface area is 112 Å². The van der Waals surface area contributed by atoms with E-state index < -0.39 is 0 Å². The lowest BCUT2D eigenvalue weighted by molar-refractivity contribution is 0.407. The molecular weight excluding hydrogens is 244 g/mol. The number of hydrogen-bond acceptors (Lipinski definition) is 4. The van der Waals surface area contributed by atoms with E-state index in [4.69, 9.17) is 10.5 Å². The van der Waals surface area contributed by atoms with Gasteiger partial charge < -0.3 is 10.5 Å². The van der Waals surface area contributed by atoms with Gasteiger partial charge in [-0.25, -0.2) is 4.98 Å². The molecule has 2 aromatic rings. The molecule has 0 saturated carbocycles. The number of hydrogen-bond donors (Lipinski definition) is 1. The van der Waals surface area contributed by atoms with E-state index in [1.807, 2.05) is 19.1 Å². The number of aryl methyl sites for hydroxylation is 1. The molecule has 2 rings (SSSR count). The van der Waals surface area contributed by atoms with Gasteiger partial charge in [0.25, 0.3) is 0 Å². The van der Waals surface area contributed by atoms with Crippen LogP contribution < -0.4 is 10.5 Å². The van der Waals surface area contributed by atoms with Crippen LogP contribution in [-0.2, 0) is 0 Å². The number of thiazole rings is 1. The number of benzene rings is 1. The standard InChI is InChI=1S/C14H18N2OS/c1-8(2)11-7-10(5-6-12(11)17-4)13-14(15)16-9(3)18-13/h5-8H,15H2,1-4H3. The van der Waals surface area contributed by atoms with Gasteiger partial charge in [0, 0.05) is 0 Å². The van der Waals surface area contributed by atoms with Crippen molar-refractivity contribution >= 4 is 17.2 Å². The quantitative estimate of drug-likeness (QED) is 0.914. The first kappa shape index (κ1) is 12.9. The van der Waals surface area contributed by atoms with Gasteiger partial charge in [-0.05, 0) is 42.2 Å². The number of nitrogens with two attached hydrogens (primary N) is 1. The molecule has 3 nitrogen and oxygen atoms in total. The molecule has 4 heteroatoms. The van der Waals surface area contributed by atoms with Crippen molar-refractivity contribution < 1.29 is 4.74 Å². The fourth-order valence-electron chi connectivity index (χ4n) is 1.98. The Kier molecular flexibility index (Phi) is 3.57. The predicted octanol–water partition coefficient (Wildman–Crippen LogP) is 3.83. The Bertz CT molecular complexity index is 561. The average molecular weight is 262 g/mol. The van der Waals surface area contributed by atoms with Crippen LogP contribution in [0.1, 0.15) is 30.3 Å². The highest BCUT2D eigenvalue weighted by atomic mass is 32.1.